The molecule has 0 aliphatic rings. The molecule has 2 aromatic carbocycles. The Balaban J connectivity index is 2.10. The predicted octanol–water partition coefficient (Wildman–Crippen LogP) is 3.68. The average molecular weight is 350 g/mol. The zero-order chi connectivity index (χ0) is 17.0. The van der Waals surface area contributed by atoms with Gasteiger partial charge < -0.3 is 5.32 Å². The van der Waals surface area contributed by atoms with E-state index in [9.17, 15) is 14.9 Å². The molecule has 0 aromatic heterocycles. The van der Waals surface area contributed by atoms with Crippen LogP contribution in [-0.4, -0.2) is 15.9 Å². The van der Waals surface area contributed by atoms with Crippen molar-refractivity contribution in [1.29, 1.82) is 0 Å². The molecule has 2 aromatic rings. The number of amides is 1. The molecule has 0 spiro atoms. The summed E-state index contributed by atoms with van der Waals surface area (Å²) in [5.74, 6) is -0.544. The Kier molecular flexibility index (Phi) is 5.25. The Morgan fingerprint density at radius 1 is 1.26 bits per heavy atom. The van der Waals surface area contributed by atoms with Crippen LogP contribution in [-0.2, 0) is 0 Å². The van der Waals surface area contributed by atoms with Crippen LogP contribution in [0.5, 0.6) is 0 Å². The van der Waals surface area contributed by atoms with Crippen molar-refractivity contribution >= 4 is 46.2 Å². The number of nitrogens with one attached hydrogen (secondary N) is 2. The molecule has 0 saturated heterocycles. The van der Waals surface area contributed by atoms with E-state index in [1.807, 2.05) is 0 Å². The van der Waals surface area contributed by atoms with Crippen molar-refractivity contribution in [3.05, 3.63) is 68.7 Å². The summed E-state index contributed by atoms with van der Waals surface area (Å²) in [6.07, 6.45) is 0. The van der Waals surface area contributed by atoms with E-state index < -0.39 is 10.8 Å². The molecule has 0 unspecified atom stereocenters. The van der Waals surface area contributed by atoms with Crippen LogP contribution in [0.25, 0.3) is 0 Å². The van der Waals surface area contributed by atoms with Crippen molar-refractivity contribution in [2.45, 2.75) is 6.92 Å². The molecule has 2 rings (SSSR count). The number of nitro groups is 1. The van der Waals surface area contributed by atoms with Crippen LogP contribution in [0, 0.1) is 17.0 Å². The summed E-state index contributed by atoms with van der Waals surface area (Å²) < 4.78 is 0. The van der Waals surface area contributed by atoms with Crippen molar-refractivity contribution < 1.29 is 9.72 Å². The molecule has 0 heterocycles. The molecule has 8 heteroatoms. The molecule has 6 nitrogen and oxygen atoms in total. The summed E-state index contributed by atoms with van der Waals surface area (Å²) >= 11 is 11.0. The van der Waals surface area contributed by atoms with E-state index in [-0.39, 0.29) is 16.4 Å². The molecule has 0 fully saturated rings. The Hall–Kier alpha value is -2.51. The second-order valence-corrected chi connectivity index (χ2v) is 5.46. The summed E-state index contributed by atoms with van der Waals surface area (Å²) in [4.78, 5) is 22.5. The second-order valence-electron chi connectivity index (χ2n) is 4.65. The van der Waals surface area contributed by atoms with Crippen molar-refractivity contribution in [3.8, 4) is 0 Å². The number of rotatable bonds is 3. The number of benzene rings is 2. The van der Waals surface area contributed by atoms with E-state index in [4.69, 9.17) is 23.8 Å². The predicted molar refractivity (Wildman–Crippen MR) is 93.0 cm³/mol. The highest BCUT2D eigenvalue weighted by atomic mass is 35.5. The lowest BCUT2D eigenvalue weighted by Crippen LogP contribution is -2.34. The van der Waals surface area contributed by atoms with Gasteiger partial charge in [-0.2, -0.15) is 0 Å². The van der Waals surface area contributed by atoms with E-state index in [2.05, 4.69) is 10.6 Å². The van der Waals surface area contributed by atoms with Gasteiger partial charge in [0.25, 0.3) is 11.6 Å². The van der Waals surface area contributed by atoms with E-state index in [1.165, 1.54) is 18.2 Å². The fourth-order valence-corrected chi connectivity index (χ4v) is 2.22. The standard InChI is InChI=1S/C15H12ClN3O3S/c1-9-6-7-10(8-13(9)19(21)22)14(20)18-15(23)17-12-5-3-2-4-11(12)16/h2-8H,1H3,(H2,17,18,20,23). The summed E-state index contributed by atoms with van der Waals surface area (Å²) in [6, 6.07) is 11.1. The highest BCUT2D eigenvalue weighted by molar-refractivity contribution is 7.80. The summed E-state index contributed by atoms with van der Waals surface area (Å²) in [5, 5.41) is 16.7. The maximum Gasteiger partial charge on any atom is 0.273 e. The van der Waals surface area contributed by atoms with E-state index in [1.54, 1.807) is 31.2 Å². The van der Waals surface area contributed by atoms with Crippen LogP contribution in [0.4, 0.5) is 11.4 Å². The van der Waals surface area contributed by atoms with Crippen molar-refractivity contribution in [1.82, 2.24) is 5.32 Å². The molecular weight excluding hydrogens is 338 g/mol. The first-order valence-electron chi connectivity index (χ1n) is 6.50. The van der Waals surface area contributed by atoms with Crippen LogP contribution in [0.3, 0.4) is 0 Å². The van der Waals surface area contributed by atoms with Crippen LogP contribution in [0.1, 0.15) is 15.9 Å². The van der Waals surface area contributed by atoms with Gasteiger partial charge in [0.2, 0.25) is 0 Å². The van der Waals surface area contributed by atoms with Gasteiger partial charge in [-0.15, -0.1) is 0 Å². The van der Waals surface area contributed by atoms with Gasteiger partial charge in [0.05, 0.1) is 15.6 Å². The lowest BCUT2D eigenvalue weighted by Gasteiger charge is -2.11. The van der Waals surface area contributed by atoms with Gasteiger partial charge in [-0.25, -0.2) is 0 Å². The molecule has 0 aliphatic carbocycles. The van der Waals surface area contributed by atoms with E-state index >= 15 is 0 Å². The largest absolute Gasteiger partial charge is 0.331 e. The minimum atomic E-state index is -0.544. The number of carbonyl (C=O) groups is 1. The van der Waals surface area contributed by atoms with Crippen LogP contribution < -0.4 is 10.6 Å². The van der Waals surface area contributed by atoms with Gasteiger partial charge in [0.15, 0.2) is 5.11 Å². The molecule has 1 amide bonds. The Bertz CT molecular complexity index is 795. The number of hydrogen-bond donors (Lipinski definition) is 2. The lowest BCUT2D eigenvalue weighted by molar-refractivity contribution is -0.385. The normalized spacial score (nSPS) is 10.0. The van der Waals surface area contributed by atoms with Gasteiger partial charge >= 0.3 is 0 Å². The minimum absolute atomic E-state index is 0.0475. The Labute approximate surface area is 142 Å². The molecule has 0 radical (unpaired) electrons. The topological polar surface area (TPSA) is 84.3 Å². The third-order valence-corrected chi connectivity index (χ3v) is 3.55. The van der Waals surface area contributed by atoms with Crippen molar-refractivity contribution in [2.24, 2.45) is 0 Å². The molecular formula is C15H12ClN3O3S. The van der Waals surface area contributed by atoms with Crippen LogP contribution in [0.15, 0.2) is 42.5 Å². The smallest absolute Gasteiger partial charge is 0.273 e. The second kappa shape index (κ2) is 7.17. The minimum Gasteiger partial charge on any atom is -0.331 e. The van der Waals surface area contributed by atoms with Crippen LogP contribution in [0.2, 0.25) is 5.02 Å². The number of thiocarbonyl (C=S) groups is 1. The number of nitro benzene ring substituents is 1. The average Bonchev–Trinajstić information content (AvgIpc) is 2.49. The SMILES string of the molecule is Cc1ccc(C(=O)NC(=S)Nc2ccccc2Cl)cc1[N+](=O)[O-]. The van der Waals surface area contributed by atoms with E-state index in [0.29, 0.717) is 16.3 Å². The first-order chi connectivity index (χ1) is 10.9. The number of halogens is 1. The number of nitrogens with zero attached hydrogens (tertiary/aromatic N) is 1. The number of hydrogen-bond acceptors (Lipinski definition) is 4. The van der Waals surface area contributed by atoms with E-state index in [0.717, 1.165) is 0 Å². The maximum atomic E-state index is 12.1. The summed E-state index contributed by atoms with van der Waals surface area (Å²) in [6.45, 7) is 1.60. The first-order valence-corrected chi connectivity index (χ1v) is 7.29. The van der Waals surface area contributed by atoms with Crippen molar-refractivity contribution in [3.63, 3.8) is 0 Å². The zero-order valence-corrected chi connectivity index (χ0v) is 13.6. The first kappa shape index (κ1) is 16.9. The summed E-state index contributed by atoms with van der Waals surface area (Å²) in [7, 11) is 0. The Morgan fingerprint density at radius 3 is 2.61 bits per heavy atom. The van der Waals surface area contributed by atoms with Gasteiger partial charge in [0.1, 0.15) is 0 Å². The van der Waals surface area contributed by atoms with Gasteiger partial charge in [-0.1, -0.05) is 29.8 Å². The zero-order valence-electron chi connectivity index (χ0n) is 12.0. The molecule has 0 aliphatic heterocycles. The van der Waals surface area contributed by atoms with Crippen molar-refractivity contribution in [2.75, 3.05) is 5.32 Å². The number of aryl methyl sites for hydroxylation is 1. The fourth-order valence-electron chi connectivity index (χ4n) is 1.84. The lowest BCUT2D eigenvalue weighted by atomic mass is 10.1. The van der Waals surface area contributed by atoms with Gasteiger partial charge in [-0.3, -0.25) is 20.2 Å². The number of anilines is 1. The number of para-hydroxylation sites is 1. The molecule has 2 N–H and O–H groups in total. The third kappa shape index (κ3) is 4.24. The van der Waals surface area contributed by atoms with Crippen LogP contribution >= 0.6 is 23.8 Å². The number of carbonyl (C=O) groups excluding carboxylic acids is 1. The molecule has 23 heavy (non-hydrogen) atoms. The molecule has 118 valence electrons. The van der Waals surface area contributed by atoms with Gasteiger partial charge in [0, 0.05) is 17.2 Å². The fraction of sp³-hybridized carbons (Fsp3) is 0.0667. The Morgan fingerprint density at radius 2 is 1.96 bits per heavy atom. The third-order valence-electron chi connectivity index (χ3n) is 3.02. The molecule has 0 bridgehead atoms. The highest BCUT2D eigenvalue weighted by Gasteiger charge is 2.16. The monoisotopic (exact) mass is 349 g/mol. The van der Waals surface area contributed by atoms with Gasteiger partial charge in [-0.05, 0) is 37.3 Å². The highest BCUT2D eigenvalue weighted by Crippen LogP contribution is 2.21. The summed E-state index contributed by atoms with van der Waals surface area (Å²) in [5.41, 5.74) is 1.05. The molecule has 0 atom stereocenters. The quantitative estimate of drug-likeness (QED) is 0.501. The molecule has 0 saturated carbocycles. The maximum absolute atomic E-state index is 12.1.